The first kappa shape index (κ1) is 17.5. The minimum atomic E-state index is -0.465. The highest BCUT2D eigenvalue weighted by atomic mass is 16.6. The normalized spacial score (nSPS) is 25.4. The molecule has 1 spiro atoms. The van der Waals surface area contributed by atoms with Crippen molar-refractivity contribution in [1.82, 2.24) is 9.88 Å². The molecule has 1 aromatic rings. The molecule has 0 bridgehead atoms. The Morgan fingerprint density at radius 3 is 2.76 bits per heavy atom. The number of ether oxygens (including phenoxy) is 2. The van der Waals surface area contributed by atoms with Crippen LogP contribution in [0.15, 0.2) is 12.1 Å². The number of pyridine rings is 1. The van der Waals surface area contributed by atoms with Gasteiger partial charge in [-0.2, -0.15) is 5.26 Å². The number of aromatic nitrogens is 1. The fraction of sp³-hybridized carbons (Fsp3) is 0.632. The number of hydrogen-bond acceptors (Lipinski definition) is 5. The Morgan fingerprint density at radius 1 is 1.40 bits per heavy atom. The molecule has 0 atom stereocenters. The van der Waals surface area contributed by atoms with Crippen LogP contribution in [0.4, 0.5) is 4.79 Å². The summed E-state index contributed by atoms with van der Waals surface area (Å²) in [5, 5.41) is 9.04. The van der Waals surface area contributed by atoms with E-state index in [-0.39, 0.29) is 17.6 Å². The minimum Gasteiger partial charge on any atom is -0.474 e. The van der Waals surface area contributed by atoms with Crippen LogP contribution in [-0.4, -0.2) is 40.8 Å². The molecule has 6 nitrogen and oxygen atoms in total. The molecule has 1 amide bonds. The lowest BCUT2D eigenvalue weighted by molar-refractivity contribution is -0.0157. The van der Waals surface area contributed by atoms with Crippen molar-refractivity contribution in [3.05, 3.63) is 23.4 Å². The first-order valence-electron chi connectivity index (χ1n) is 8.71. The number of nitriles is 1. The molecule has 0 N–H and O–H groups in total. The number of carbonyl (C=O) groups is 1. The highest BCUT2D eigenvalue weighted by molar-refractivity contribution is 5.68. The molecule has 2 fully saturated rings. The van der Waals surface area contributed by atoms with E-state index in [1.165, 1.54) is 0 Å². The Morgan fingerprint density at radius 2 is 2.12 bits per heavy atom. The van der Waals surface area contributed by atoms with Gasteiger partial charge in [0.15, 0.2) is 0 Å². The Balaban J connectivity index is 1.54. The monoisotopic (exact) mass is 343 g/mol. The molecule has 1 aliphatic carbocycles. The van der Waals surface area contributed by atoms with Gasteiger partial charge in [0.2, 0.25) is 5.88 Å². The summed E-state index contributed by atoms with van der Waals surface area (Å²) in [7, 11) is 0. The number of likely N-dealkylation sites (tertiary alicyclic amines) is 1. The second-order valence-electron chi connectivity index (χ2n) is 8.25. The van der Waals surface area contributed by atoms with E-state index in [0.29, 0.717) is 11.4 Å². The Labute approximate surface area is 148 Å². The molecular weight excluding hydrogens is 318 g/mol. The molecule has 25 heavy (non-hydrogen) atoms. The maximum atomic E-state index is 12.2. The summed E-state index contributed by atoms with van der Waals surface area (Å²) in [6.07, 6.45) is 2.66. The average Bonchev–Trinajstić information content (AvgIpc) is 2.90. The molecule has 2 aliphatic rings. The van der Waals surface area contributed by atoms with Gasteiger partial charge in [0.25, 0.3) is 0 Å². The lowest BCUT2D eigenvalue weighted by Gasteiger charge is -2.44. The van der Waals surface area contributed by atoms with Gasteiger partial charge >= 0.3 is 6.09 Å². The van der Waals surface area contributed by atoms with Crippen molar-refractivity contribution >= 4 is 6.09 Å². The summed E-state index contributed by atoms with van der Waals surface area (Å²) < 4.78 is 11.4. The van der Waals surface area contributed by atoms with Crippen LogP contribution in [0.5, 0.6) is 5.88 Å². The van der Waals surface area contributed by atoms with Crippen molar-refractivity contribution in [3.63, 3.8) is 0 Å². The predicted molar refractivity (Wildman–Crippen MR) is 92.2 cm³/mol. The SMILES string of the molecule is Cc1cc(C#N)cc(OC2CC3(CCN(C(=O)OC(C)(C)C)C3)C2)n1. The lowest BCUT2D eigenvalue weighted by atomic mass is 9.66. The molecule has 2 heterocycles. The summed E-state index contributed by atoms with van der Waals surface area (Å²) in [4.78, 5) is 18.4. The summed E-state index contributed by atoms with van der Waals surface area (Å²) in [6, 6.07) is 5.55. The zero-order valence-electron chi connectivity index (χ0n) is 15.3. The van der Waals surface area contributed by atoms with E-state index >= 15 is 0 Å². The van der Waals surface area contributed by atoms with Crippen molar-refractivity contribution in [1.29, 1.82) is 5.26 Å². The fourth-order valence-electron chi connectivity index (χ4n) is 3.67. The van der Waals surface area contributed by atoms with Crippen LogP contribution in [0, 0.1) is 23.7 Å². The van der Waals surface area contributed by atoms with Crippen molar-refractivity contribution in [2.45, 2.75) is 58.7 Å². The van der Waals surface area contributed by atoms with Crippen LogP contribution >= 0.6 is 0 Å². The highest BCUT2D eigenvalue weighted by Crippen LogP contribution is 2.49. The molecule has 1 aliphatic heterocycles. The topological polar surface area (TPSA) is 75.5 Å². The van der Waals surface area contributed by atoms with Crippen LogP contribution < -0.4 is 4.74 Å². The van der Waals surface area contributed by atoms with Gasteiger partial charge in [-0.05, 0) is 58.4 Å². The number of rotatable bonds is 2. The Bertz CT molecular complexity index is 712. The number of hydrogen-bond donors (Lipinski definition) is 0. The maximum Gasteiger partial charge on any atom is 0.410 e. The fourth-order valence-corrected chi connectivity index (χ4v) is 3.67. The van der Waals surface area contributed by atoms with Crippen LogP contribution in [0.3, 0.4) is 0 Å². The minimum absolute atomic E-state index is 0.0967. The quantitative estimate of drug-likeness (QED) is 0.822. The van der Waals surface area contributed by atoms with E-state index in [2.05, 4.69) is 11.1 Å². The van der Waals surface area contributed by atoms with Gasteiger partial charge in [0.05, 0.1) is 11.6 Å². The van der Waals surface area contributed by atoms with E-state index in [9.17, 15) is 4.79 Å². The predicted octanol–water partition coefficient (Wildman–Crippen LogP) is 3.43. The van der Waals surface area contributed by atoms with Crippen LogP contribution in [0.2, 0.25) is 0 Å². The van der Waals surface area contributed by atoms with E-state index in [4.69, 9.17) is 14.7 Å². The molecule has 134 valence electrons. The third kappa shape index (κ3) is 4.04. The van der Waals surface area contributed by atoms with Gasteiger partial charge in [0.1, 0.15) is 11.7 Å². The molecule has 1 saturated heterocycles. The molecule has 6 heteroatoms. The largest absolute Gasteiger partial charge is 0.474 e. The van der Waals surface area contributed by atoms with E-state index in [1.54, 1.807) is 17.0 Å². The molecule has 0 unspecified atom stereocenters. The molecule has 1 saturated carbocycles. The second kappa shape index (κ2) is 6.21. The van der Waals surface area contributed by atoms with E-state index < -0.39 is 5.60 Å². The molecule has 0 radical (unpaired) electrons. The van der Waals surface area contributed by atoms with Gasteiger partial charge in [-0.15, -0.1) is 0 Å². The smallest absolute Gasteiger partial charge is 0.410 e. The van der Waals surface area contributed by atoms with E-state index in [0.717, 1.165) is 38.0 Å². The standard InChI is InChI=1S/C19H25N3O3/c1-13-7-14(11-20)8-16(21-13)24-15-9-19(10-15)5-6-22(12-19)17(23)25-18(2,3)4/h7-8,15H,5-6,9-10,12H2,1-4H3. The van der Waals surface area contributed by atoms with Gasteiger partial charge in [-0.25, -0.2) is 9.78 Å². The summed E-state index contributed by atoms with van der Waals surface area (Å²) in [5.41, 5.74) is 1.02. The van der Waals surface area contributed by atoms with Crippen molar-refractivity contribution < 1.29 is 14.3 Å². The van der Waals surface area contributed by atoms with Crippen LogP contribution in [0.25, 0.3) is 0 Å². The second-order valence-corrected chi connectivity index (χ2v) is 8.25. The number of nitrogens with zero attached hydrogens (tertiary/aromatic N) is 3. The Hall–Kier alpha value is -2.29. The zero-order valence-corrected chi connectivity index (χ0v) is 15.3. The van der Waals surface area contributed by atoms with E-state index in [1.807, 2.05) is 27.7 Å². The third-order valence-corrected chi connectivity index (χ3v) is 4.76. The van der Waals surface area contributed by atoms with Crippen molar-refractivity contribution in [2.24, 2.45) is 5.41 Å². The summed E-state index contributed by atoms with van der Waals surface area (Å²) in [6.45, 7) is 8.97. The number of carbonyl (C=O) groups excluding carboxylic acids is 1. The van der Waals surface area contributed by atoms with Gasteiger partial charge in [0, 0.05) is 24.8 Å². The number of aryl methyl sites for hydroxylation is 1. The third-order valence-electron chi connectivity index (χ3n) is 4.76. The maximum absolute atomic E-state index is 12.2. The molecule has 0 aromatic carbocycles. The average molecular weight is 343 g/mol. The number of amides is 1. The van der Waals surface area contributed by atoms with Gasteiger partial charge in [-0.1, -0.05) is 0 Å². The van der Waals surface area contributed by atoms with Crippen molar-refractivity contribution in [2.75, 3.05) is 13.1 Å². The first-order valence-corrected chi connectivity index (χ1v) is 8.71. The van der Waals surface area contributed by atoms with Gasteiger partial charge in [-0.3, -0.25) is 0 Å². The highest BCUT2D eigenvalue weighted by Gasteiger charge is 2.51. The van der Waals surface area contributed by atoms with Gasteiger partial charge < -0.3 is 14.4 Å². The zero-order chi connectivity index (χ0) is 18.2. The Kier molecular flexibility index (Phi) is 4.36. The summed E-state index contributed by atoms with van der Waals surface area (Å²) in [5.74, 6) is 0.512. The first-order chi connectivity index (χ1) is 11.7. The summed E-state index contributed by atoms with van der Waals surface area (Å²) >= 11 is 0. The molecular formula is C19H25N3O3. The lowest BCUT2D eigenvalue weighted by Crippen LogP contribution is -2.47. The van der Waals surface area contributed by atoms with Crippen molar-refractivity contribution in [3.8, 4) is 11.9 Å². The molecule has 3 rings (SSSR count). The molecule has 1 aromatic heterocycles. The van der Waals surface area contributed by atoms with Crippen LogP contribution in [-0.2, 0) is 4.74 Å². The van der Waals surface area contributed by atoms with Crippen LogP contribution in [0.1, 0.15) is 51.3 Å².